The van der Waals surface area contributed by atoms with E-state index in [1.807, 2.05) is 24.9 Å². The van der Waals surface area contributed by atoms with Gasteiger partial charge in [0.1, 0.15) is 12.3 Å². The highest BCUT2D eigenvalue weighted by atomic mass is 16.5. The summed E-state index contributed by atoms with van der Waals surface area (Å²) < 4.78 is 5.88. The number of likely N-dealkylation sites (tertiary alicyclic amines) is 1. The summed E-state index contributed by atoms with van der Waals surface area (Å²) in [5.41, 5.74) is 0.311. The number of aromatic nitrogens is 1. The van der Waals surface area contributed by atoms with E-state index in [1.54, 1.807) is 17.2 Å². The molecule has 6 heteroatoms. The topological polar surface area (TPSA) is 65.6 Å². The minimum atomic E-state index is -0.310. The molecule has 1 spiro atoms. The van der Waals surface area contributed by atoms with E-state index < -0.39 is 0 Å². The molecule has 1 aromatic rings. The lowest BCUT2D eigenvalue weighted by atomic mass is 9.83. The smallest absolute Gasteiger partial charge is 0.270 e. The lowest BCUT2D eigenvalue weighted by molar-refractivity contribution is -0.181. The maximum absolute atomic E-state index is 12.3. The third-order valence-corrected chi connectivity index (χ3v) is 4.94. The normalized spacial score (nSPS) is 25.4. The van der Waals surface area contributed by atoms with Crippen LogP contribution in [-0.2, 0) is 9.53 Å². The van der Waals surface area contributed by atoms with Crippen LogP contribution < -0.4 is 0 Å². The predicted molar refractivity (Wildman–Crippen MR) is 76.8 cm³/mol. The van der Waals surface area contributed by atoms with Gasteiger partial charge >= 0.3 is 0 Å². The predicted octanol–water partition coefficient (Wildman–Crippen LogP) is 0.867. The van der Waals surface area contributed by atoms with Crippen LogP contribution in [0.2, 0.25) is 0 Å². The number of aromatic amines is 1. The van der Waals surface area contributed by atoms with E-state index in [9.17, 15) is 9.59 Å². The van der Waals surface area contributed by atoms with Gasteiger partial charge in [0.15, 0.2) is 0 Å². The first-order chi connectivity index (χ1) is 10.0. The minimum Gasteiger partial charge on any atom is -0.363 e. The molecule has 6 nitrogen and oxygen atoms in total. The van der Waals surface area contributed by atoms with Crippen LogP contribution in [0.4, 0.5) is 0 Å². The Balaban J connectivity index is 1.67. The molecule has 0 aliphatic carbocycles. The molecule has 2 amide bonds. The molecule has 2 saturated heterocycles. The van der Waals surface area contributed by atoms with E-state index in [1.165, 1.54) is 0 Å². The molecule has 1 aromatic heterocycles. The van der Waals surface area contributed by atoms with Crippen molar-refractivity contribution in [3.8, 4) is 0 Å². The number of piperidine rings is 1. The number of carbonyl (C=O) groups is 2. The van der Waals surface area contributed by atoms with Crippen LogP contribution in [0, 0.1) is 0 Å². The minimum absolute atomic E-state index is 0.0259. The Hall–Kier alpha value is -1.82. The van der Waals surface area contributed by atoms with Crippen LogP contribution in [-0.4, -0.2) is 65.0 Å². The Kier molecular flexibility index (Phi) is 3.49. The zero-order valence-corrected chi connectivity index (χ0v) is 12.5. The highest BCUT2D eigenvalue weighted by molar-refractivity contribution is 5.92. The number of carbonyl (C=O) groups excluding carboxylic acids is 2. The molecule has 0 radical (unpaired) electrons. The molecule has 0 unspecified atom stereocenters. The Morgan fingerprint density at radius 3 is 2.76 bits per heavy atom. The van der Waals surface area contributed by atoms with Gasteiger partial charge in [-0.2, -0.15) is 0 Å². The third kappa shape index (κ3) is 2.33. The molecule has 1 atom stereocenters. The summed E-state index contributed by atoms with van der Waals surface area (Å²) in [6.45, 7) is 3.49. The maximum Gasteiger partial charge on any atom is 0.270 e. The van der Waals surface area contributed by atoms with Gasteiger partial charge < -0.3 is 19.5 Å². The van der Waals surface area contributed by atoms with Gasteiger partial charge in [0, 0.05) is 26.3 Å². The van der Waals surface area contributed by atoms with E-state index in [-0.39, 0.29) is 30.1 Å². The molecule has 2 fully saturated rings. The Bertz CT molecular complexity index is 532. The number of rotatable bonds is 1. The lowest BCUT2D eigenvalue weighted by Crippen LogP contribution is -2.63. The number of likely N-dealkylation sites (N-methyl/N-ethyl adjacent to an activating group) is 1. The summed E-state index contributed by atoms with van der Waals surface area (Å²) in [5, 5.41) is 0. The monoisotopic (exact) mass is 291 g/mol. The average Bonchev–Trinajstić information content (AvgIpc) is 3.04. The molecule has 0 saturated carbocycles. The summed E-state index contributed by atoms with van der Waals surface area (Å²) in [7, 11) is 1.83. The fourth-order valence-corrected chi connectivity index (χ4v) is 3.28. The van der Waals surface area contributed by atoms with Gasteiger partial charge in [-0.05, 0) is 31.9 Å². The van der Waals surface area contributed by atoms with Gasteiger partial charge in [-0.25, -0.2) is 0 Å². The summed E-state index contributed by atoms with van der Waals surface area (Å²) >= 11 is 0. The molecular formula is C15H21N3O3. The highest BCUT2D eigenvalue weighted by Gasteiger charge is 2.47. The van der Waals surface area contributed by atoms with Gasteiger partial charge in [-0.1, -0.05) is 0 Å². The number of H-pyrrole nitrogens is 1. The van der Waals surface area contributed by atoms with Crippen molar-refractivity contribution in [2.75, 3.05) is 26.7 Å². The molecule has 114 valence electrons. The Labute approximate surface area is 124 Å². The number of ether oxygens (including phenoxy) is 1. The van der Waals surface area contributed by atoms with Crippen LogP contribution in [0.3, 0.4) is 0 Å². The second-order valence-electron chi connectivity index (χ2n) is 5.91. The summed E-state index contributed by atoms with van der Waals surface area (Å²) in [5.74, 6) is 0.0563. The molecule has 3 rings (SSSR count). The zero-order valence-electron chi connectivity index (χ0n) is 12.5. The van der Waals surface area contributed by atoms with Crippen LogP contribution in [0.5, 0.6) is 0 Å². The average molecular weight is 291 g/mol. The first-order valence-corrected chi connectivity index (χ1v) is 7.36. The molecule has 0 aromatic carbocycles. The van der Waals surface area contributed by atoms with Crippen LogP contribution in [0.1, 0.15) is 30.3 Å². The summed E-state index contributed by atoms with van der Waals surface area (Å²) in [6.07, 6.45) is 3.28. The van der Waals surface area contributed by atoms with Gasteiger partial charge in [-0.3, -0.25) is 9.59 Å². The SMILES string of the molecule is C[C@@H]1N(C)C(=O)COC12CCN(C(=O)c1ccc[nH]1)CC2. The van der Waals surface area contributed by atoms with Gasteiger partial charge in [0.25, 0.3) is 5.91 Å². The Morgan fingerprint density at radius 2 is 2.14 bits per heavy atom. The number of amides is 2. The summed E-state index contributed by atoms with van der Waals surface area (Å²) in [6, 6.07) is 3.66. The number of nitrogens with zero attached hydrogens (tertiary/aromatic N) is 2. The van der Waals surface area contributed by atoms with Crippen LogP contribution in [0.25, 0.3) is 0 Å². The second-order valence-corrected chi connectivity index (χ2v) is 5.91. The fourth-order valence-electron chi connectivity index (χ4n) is 3.28. The third-order valence-electron chi connectivity index (χ3n) is 4.94. The van der Waals surface area contributed by atoms with Crippen molar-refractivity contribution in [2.45, 2.75) is 31.4 Å². The number of hydrogen-bond acceptors (Lipinski definition) is 3. The standard InChI is InChI=1S/C15H21N3O3/c1-11-15(21-10-13(19)17(11)2)5-8-18(9-6-15)14(20)12-4-3-7-16-12/h3-4,7,11,16H,5-6,8-10H2,1-2H3/t11-/m0/s1. The fraction of sp³-hybridized carbons (Fsp3) is 0.600. The first kappa shape index (κ1) is 14.1. The maximum atomic E-state index is 12.3. The number of morpholine rings is 1. The van der Waals surface area contributed by atoms with Crippen LogP contribution >= 0.6 is 0 Å². The highest BCUT2D eigenvalue weighted by Crippen LogP contribution is 2.35. The Morgan fingerprint density at radius 1 is 1.43 bits per heavy atom. The number of nitrogens with one attached hydrogen (secondary N) is 1. The molecule has 3 heterocycles. The van der Waals surface area contributed by atoms with Crippen molar-refractivity contribution in [3.63, 3.8) is 0 Å². The number of hydrogen-bond donors (Lipinski definition) is 1. The van der Waals surface area contributed by atoms with E-state index in [2.05, 4.69) is 4.98 Å². The van der Waals surface area contributed by atoms with Gasteiger partial charge in [0.2, 0.25) is 5.91 Å². The van der Waals surface area contributed by atoms with E-state index in [0.29, 0.717) is 18.8 Å². The van der Waals surface area contributed by atoms with Crippen molar-refractivity contribution >= 4 is 11.8 Å². The molecule has 0 bridgehead atoms. The second kappa shape index (κ2) is 5.18. The largest absolute Gasteiger partial charge is 0.363 e. The quantitative estimate of drug-likeness (QED) is 0.835. The van der Waals surface area contributed by atoms with E-state index in [0.717, 1.165) is 12.8 Å². The van der Waals surface area contributed by atoms with Crippen molar-refractivity contribution in [1.82, 2.24) is 14.8 Å². The van der Waals surface area contributed by atoms with E-state index >= 15 is 0 Å². The first-order valence-electron chi connectivity index (χ1n) is 7.36. The molecule has 21 heavy (non-hydrogen) atoms. The lowest BCUT2D eigenvalue weighted by Gasteiger charge is -2.50. The zero-order chi connectivity index (χ0) is 15.0. The van der Waals surface area contributed by atoms with Crippen molar-refractivity contribution in [3.05, 3.63) is 24.0 Å². The molecular weight excluding hydrogens is 270 g/mol. The summed E-state index contributed by atoms with van der Waals surface area (Å²) in [4.78, 5) is 30.6. The molecule has 2 aliphatic heterocycles. The van der Waals surface area contributed by atoms with E-state index in [4.69, 9.17) is 4.74 Å². The van der Waals surface area contributed by atoms with Crippen LogP contribution in [0.15, 0.2) is 18.3 Å². The van der Waals surface area contributed by atoms with Crippen molar-refractivity contribution in [2.24, 2.45) is 0 Å². The molecule has 1 N–H and O–H groups in total. The molecule has 2 aliphatic rings. The van der Waals surface area contributed by atoms with Gasteiger partial charge in [0.05, 0.1) is 11.6 Å². The van der Waals surface area contributed by atoms with Crippen molar-refractivity contribution < 1.29 is 14.3 Å². The van der Waals surface area contributed by atoms with Crippen molar-refractivity contribution in [1.29, 1.82) is 0 Å². The van der Waals surface area contributed by atoms with Gasteiger partial charge in [-0.15, -0.1) is 0 Å².